The molecule has 2 atom stereocenters. The molecule has 0 aromatic heterocycles. The first kappa shape index (κ1) is 16.7. The van der Waals surface area contributed by atoms with Crippen molar-refractivity contribution in [1.29, 1.82) is 0 Å². The SMILES string of the molecule is CCCC(C(=O)N(C)CC(O)COC)C(N)=NO. The molecule has 0 spiro atoms. The molecule has 0 bridgehead atoms. The topological polar surface area (TPSA) is 108 Å². The van der Waals surface area contributed by atoms with Crippen LogP contribution in [0.5, 0.6) is 0 Å². The Balaban J connectivity index is 4.56. The maximum atomic E-state index is 12.1. The van der Waals surface area contributed by atoms with E-state index in [4.69, 9.17) is 15.7 Å². The fourth-order valence-electron chi connectivity index (χ4n) is 1.67. The van der Waals surface area contributed by atoms with Crippen LogP contribution in [0.3, 0.4) is 0 Å². The Labute approximate surface area is 107 Å². The Hall–Kier alpha value is -1.34. The van der Waals surface area contributed by atoms with Gasteiger partial charge in [-0.25, -0.2) is 0 Å². The van der Waals surface area contributed by atoms with Crippen LogP contribution in [0.25, 0.3) is 0 Å². The quantitative estimate of drug-likeness (QED) is 0.239. The molecule has 0 saturated carbocycles. The molecule has 7 heteroatoms. The van der Waals surface area contributed by atoms with E-state index in [0.717, 1.165) is 6.42 Å². The van der Waals surface area contributed by atoms with E-state index in [2.05, 4.69) is 5.16 Å². The molecule has 0 aliphatic rings. The van der Waals surface area contributed by atoms with E-state index in [9.17, 15) is 9.90 Å². The number of oxime groups is 1. The van der Waals surface area contributed by atoms with Crippen molar-refractivity contribution in [1.82, 2.24) is 4.90 Å². The van der Waals surface area contributed by atoms with Crippen LogP contribution < -0.4 is 5.73 Å². The Morgan fingerprint density at radius 3 is 2.61 bits per heavy atom. The third-order valence-corrected chi connectivity index (χ3v) is 2.57. The normalized spacial score (nSPS) is 15.2. The van der Waals surface area contributed by atoms with Gasteiger partial charge in [0, 0.05) is 20.7 Å². The Bertz CT molecular complexity index is 283. The molecule has 0 heterocycles. The summed E-state index contributed by atoms with van der Waals surface area (Å²) in [6.07, 6.45) is 0.485. The highest BCUT2D eigenvalue weighted by atomic mass is 16.5. The smallest absolute Gasteiger partial charge is 0.233 e. The largest absolute Gasteiger partial charge is 0.409 e. The van der Waals surface area contributed by atoms with Crippen molar-refractivity contribution in [2.24, 2.45) is 16.8 Å². The summed E-state index contributed by atoms with van der Waals surface area (Å²) in [5.41, 5.74) is 5.50. The first-order valence-corrected chi connectivity index (χ1v) is 5.87. The van der Waals surface area contributed by atoms with Gasteiger partial charge >= 0.3 is 0 Å². The predicted molar refractivity (Wildman–Crippen MR) is 67.3 cm³/mol. The molecule has 106 valence electrons. The van der Waals surface area contributed by atoms with Gasteiger partial charge in [-0.2, -0.15) is 0 Å². The van der Waals surface area contributed by atoms with Crippen molar-refractivity contribution in [2.75, 3.05) is 27.3 Å². The summed E-state index contributed by atoms with van der Waals surface area (Å²) in [4.78, 5) is 13.4. The lowest BCUT2D eigenvalue weighted by atomic mass is 10.0. The van der Waals surface area contributed by atoms with Gasteiger partial charge in [-0.15, -0.1) is 0 Å². The Morgan fingerprint density at radius 1 is 1.56 bits per heavy atom. The molecule has 18 heavy (non-hydrogen) atoms. The van der Waals surface area contributed by atoms with Crippen molar-refractivity contribution in [2.45, 2.75) is 25.9 Å². The van der Waals surface area contributed by atoms with Gasteiger partial charge in [-0.1, -0.05) is 18.5 Å². The minimum Gasteiger partial charge on any atom is -0.409 e. The van der Waals surface area contributed by atoms with Crippen LogP contribution in [0.1, 0.15) is 19.8 Å². The zero-order valence-electron chi connectivity index (χ0n) is 11.2. The third-order valence-electron chi connectivity index (χ3n) is 2.57. The number of carbonyl (C=O) groups excluding carboxylic acids is 1. The fourth-order valence-corrected chi connectivity index (χ4v) is 1.67. The average Bonchev–Trinajstić information content (AvgIpc) is 2.34. The highest BCUT2D eigenvalue weighted by Gasteiger charge is 2.26. The number of nitrogens with two attached hydrogens (primary N) is 1. The molecule has 0 rings (SSSR count). The minimum absolute atomic E-state index is 0.102. The summed E-state index contributed by atoms with van der Waals surface area (Å²) >= 11 is 0. The molecular formula is C11H23N3O4. The van der Waals surface area contributed by atoms with Crippen molar-refractivity contribution in [3.63, 3.8) is 0 Å². The van der Waals surface area contributed by atoms with Crippen LogP contribution in [0.4, 0.5) is 0 Å². The maximum Gasteiger partial charge on any atom is 0.233 e. The second kappa shape index (κ2) is 8.71. The molecule has 7 nitrogen and oxygen atoms in total. The van der Waals surface area contributed by atoms with E-state index in [-0.39, 0.29) is 24.9 Å². The lowest BCUT2D eigenvalue weighted by Gasteiger charge is -2.24. The standard InChI is InChI=1S/C11H23N3O4/c1-4-5-9(10(12)13-17)11(16)14(2)6-8(15)7-18-3/h8-9,15,17H,4-7H2,1-3H3,(H2,12,13). The molecule has 0 saturated heterocycles. The van der Waals surface area contributed by atoms with Crippen LogP contribution in [0.15, 0.2) is 5.16 Å². The number of hydrogen-bond acceptors (Lipinski definition) is 5. The second-order valence-corrected chi connectivity index (χ2v) is 4.19. The van der Waals surface area contributed by atoms with E-state index in [1.807, 2.05) is 6.92 Å². The molecule has 0 aliphatic carbocycles. The van der Waals surface area contributed by atoms with Crippen molar-refractivity contribution in [3.05, 3.63) is 0 Å². The number of aliphatic hydroxyl groups excluding tert-OH is 1. The van der Waals surface area contributed by atoms with Crippen molar-refractivity contribution < 1.29 is 19.8 Å². The minimum atomic E-state index is -0.751. The second-order valence-electron chi connectivity index (χ2n) is 4.19. The van der Waals surface area contributed by atoms with Gasteiger partial charge in [0.1, 0.15) is 0 Å². The van der Waals surface area contributed by atoms with Crippen LogP contribution in [0.2, 0.25) is 0 Å². The first-order valence-electron chi connectivity index (χ1n) is 5.87. The number of carbonyl (C=O) groups is 1. The number of rotatable bonds is 8. The molecule has 0 radical (unpaired) electrons. The number of nitrogens with zero attached hydrogens (tertiary/aromatic N) is 2. The lowest BCUT2D eigenvalue weighted by Crippen LogP contribution is -2.43. The van der Waals surface area contributed by atoms with Gasteiger partial charge < -0.3 is 25.7 Å². The summed E-state index contributed by atoms with van der Waals surface area (Å²) in [6.45, 7) is 2.20. The van der Waals surface area contributed by atoms with E-state index >= 15 is 0 Å². The number of hydrogen-bond donors (Lipinski definition) is 3. The van der Waals surface area contributed by atoms with E-state index in [1.54, 1.807) is 7.05 Å². The van der Waals surface area contributed by atoms with Crippen LogP contribution in [-0.4, -0.2) is 60.4 Å². The van der Waals surface area contributed by atoms with Crippen molar-refractivity contribution in [3.8, 4) is 0 Å². The van der Waals surface area contributed by atoms with Gasteiger partial charge in [0.05, 0.1) is 18.6 Å². The van der Waals surface area contributed by atoms with Crippen LogP contribution in [-0.2, 0) is 9.53 Å². The molecule has 2 unspecified atom stereocenters. The van der Waals surface area contributed by atoms with E-state index in [0.29, 0.717) is 6.42 Å². The molecule has 0 fully saturated rings. The van der Waals surface area contributed by atoms with E-state index < -0.39 is 12.0 Å². The monoisotopic (exact) mass is 261 g/mol. The average molecular weight is 261 g/mol. The zero-order valence-corrected chi connectivity index (χ0v) is 11.2. The fraction of sp³-hybridized carbons (Fsp3) is 0.818. The highest BCUT2D eigenvalue weighted by Crippen LogP contribution is 2.10. The number of methoxy groups -OCH3 is 1. The molecular weight excluding hydrogens is 238 g/mol. The molecule has 0 aromatic rings. The highest BCUT2D eigenvalue weighted by molar-refractivity contribution is 6.01. The molecule has 1 amide bonds. The van der Waals surface area contributed by atoms with E-state index in [1.165, 1.54) is 12.0 Å². The molecule has 4 N–H and O–H groups in total. The summed E-state index contributed by atoms with van der Waals surface area (Å²) in [6, 6.07) is 0. The zero-order chi connectivity index (χ0) is 14.1. The third kappa shape index (κ3) is 5.33. The lowest BCUT2D eigenvalue weighted by molar-refractivity contribution is -0.134. The van der Waals surface area contributed by atoms with Crippen LogP contribution in [0, 0.1) is 5.92 Å². The van der Waals surface area contributed by atoms with Gasteiger partial charge in [0.25, 0.3) is 0 Å². The van der Waals surface area contributed by atoms with Crippen molar-refractivity contribution >= 4 is 11.7 Å². The first-order chi connectivity index (χ1) is 8.47. The summed E-state index contributed by atoms with van der Waals surface area (Å²) in [7, 11) is 3.04. The summed E-state index contributed by atoms with van der Waals surface area (Å²) in [5, 5.41) is 21.1. The number of amides is 1. The van der Waals surface area contributed by atoms with Gasteiger partial charge in [0.2, 0.25) is 5.91 Å². The van der Waals surface area contributed by atoms with Crippen LogP contribution >= 0.6 is 0 Å². The Kier molecular flexibility index (Phi) is 8.06. The van der Waals surface area contributed by atoms with Gasteiger partial charge in [-0.3, -0.25) is 4.79 Å². The number of ether oxygens (including phenoxy) is 1. The summed E-state index contributed by atoms with van der Waals surface area (Å²) in [5.74, 6) is -1.03. The molecule has 0 aliphatic heterocycles. The maximum absolute atomic E-state index is 12.1. The molecule has 0 aromatic carbocycles. The number of likely N-dealkylation sites (N-methyl/N-ethyl adjacent to an activating group) is 1. The predicted octanol–water partition coefficient (Wildman–Crippen LogP) is -0.385. The van der Waals surface area contributed by atoms with Gasteiger partial charge in [-0.05, 0) is 6.42 Å². The number of amidine groups is 1. The Morgan fingerprint density at radius 2 is 2.17 bits per heavy atom. The van der Waals surface area contributed by atoms with Gasteiger partial charge in [0.15, 0.2) is 5.84 Å². The number of aliphatic hydroxyl groups is 1. The summed E-state index contributed by atoms with van der Waals surface area (Å²) < 4.78 is 4.78.